The number of H-pyrrole nitrogens is 1. The standard InChI is InChI=1S/C14H17N3O/c1-2-18-11-5-3-10(4-6-11)12-9-16-13(17-12)14(15)7-8-14/h3-6,9H,2,7-8,15H2,1H3,(H,16,17). The average Bonchev–Trinajstić information content (AvgIpc) is 2.95. The van der Waals surface area contributed by atoms with Gasteiger partial charge >= 0.3 is 0 Å². The second-order valence-corrected chi connectivity index (χ2v) is 4.76. The van der Waals surface area contributed by atoms with E-state index >= 15 is 0 Å². The smallest absolute Gasteiger partial charge is 0.126 e. The highest BCUT2D eigenvalue weighted by Gasteiger charge is 2.42. The maximum atomic E-state index is 6.11. The van der Waals surface area contributed by atoms with E-state index in [9.17, 15) is 0 Å². The van der Waals surface area contributed by atoms with Crippen molar-refractivity contribution in [1.82, 2.24) is 9.97 Å². The molecule has 0 spiro atoms. The second kappa shape index (κ2) is 4.14. The Morgan fingerprint density at radius 3 is 2.67 bits per heavy atom. The zero-order chi connectivity index (χ0) is 12.6. The summed E-state index contributed by atoms with van der Waals surface area (Å²) in [6, 6.07) is 7.99. The zero-order valence-electron chi connectivity index (χ0n) is 10.4. The Balaban J connectivity index is 1.83. The van der Waals surface area contributed by atoms with E-state index in [1.165, 1.54) is 0 Å². The molecule has 3 rings (SSSR count). The molecule has 4 heteroatoms. The van der Waals surface area contributed by atoms with Crippen molar-refractivity contribution in [1.29, 1.82) is 0 Å². The largest absolute Gasteiger partial charge is 0.494 e. The number of benzene rings is 1. The number of rotatable bonds is 4. The zero-order valence-corrected chi connectivity index (χ0v) is 10.4. The lowest BCUT2D eigenvalue weighted by Gasteiger charge is -2.04. The molecule has 0 aliphatic heterocycles. The Morgan fingerprint density at radius 2 is 2.06 bits per heavy atom. The minimum Gasteiger partial charge on any atom is -0.494 e. The lowest BCUT2D eigenvalue weighted by Crippen LogP contribution is -2.20. The Bertz CT molecular complexity index is 540. The van der Waals surface area contributed by atoms with Crippen LogP contribution in [0.1, 0.15) is 25.6 Å². The number of hydrogen-bond donors (Lipinski definition) is 2. The van der Waals surface area contributed by atoms with E-state index in [1.54, 1.807) is 0 Å². The summed E-state index contributed by atoms with van der Waals surface area (Å²) in [6.45, 7) is 2.66. The third-order valence-corrected chi connectivity index (χ3v) is 3.31. The van der Waals surface area contributed by atoms with Gasteiger partial charge in [-0.05, 0) is 49.6 Å². The predicted molar refractivity (Wildman–Crippen MR) is 70.3 cm³/mol. The van der Waals surface area contributed by atoms with Crippen molar-refractivity contribution in [3.8, 4) is 17.0 Å². The molecule has 0 amide bonds. The van der Waals surface area contributed by atoms with Gasteiger partial charge in [-0.3, -0.25) is 0 Å². The highest BCUT2D eigenvalue weighted by molar-refractivity contribution is 5.59. The van der Waals surface area contributed by atoms with E-state index in [0.29, 0.717) is 6.61 Å². The number of aromatic amines is 1. The Kier molecular flexibility index (Phi) is 2.59. The summed E-state index contributed by atoms with van der Waals surface area (Å²) in [7, 11) is 0. The third-order valence-electron chi connectivity index (χ3n) is 3.31. The van der Waals surface area contributed by atoms with E-state index in [0.717, 1.165) is 35.7 Å². The Labute approximate surface area is 106 Å². The Hall–Kier alpha value is -1.81. The van der Waals surface area contributed by atoms with Crippen LogP contribution in [0, 0.1) is 0 Å². The number of aromatic nitrogens is 2. The van der Waals surface area contributed by atoms with Gasteiger partial charge in [0.2, 0.25) is 0 Å². The van der Waals surface area contributed by atoms with Gasteiger partial charge in [0.15, 0.2) is 0 Å². The normalized spacial score (nSPS) is 16.6. The van der Waals surface area contributed by atoms with Crippen LogP contribution in [0.15, 0.2) is 30.5 Å². The van der Waals surface area contributed by atoms with Gasteiger partial charge in [0.05, 0.1) is 24.0 Å². The van der Waals surface area contributed by atoms with Gasteiger partial charge in [-0.1, -0.05) is 0 Å². The van der Waals surface area contributed by atoms with Crippen LogP contribution in [0.4, 0.5) is 0 Å². The van der Waals surface area contributed by atoms with Crippen molar-refractivity contribution in [3.63, 3.8) is 0 Å². The van der Waals surface area contributed by atoms with Crippen molar-refractivity contribution in [2.75, 3.05) is 6.61 Å². The average molecular weight is 243 g/mol. The monoisotopic (exact) mass is 243 g/mol. The van der Waals surface area contributed by atoms with Crippen LogP contribution in [0.2, 0.25) is 0 Å². The van der Waals surface area contributed by atoms with E-state index in [4.69, 9.17) is 10.5 Å². The molecule has 0 atom stereocenters. The van der Waals surface area contributed by atoms with Gasteiger partial charge in [-0.2, -0.15) is 0 Å². The van der Waals surface area contributed by atoms with Crippen LogP contribution < -0.4 is 10.5 Å². The highest BCUT2D eigenvalue weighted by Crippen LogP contribution is 2.41. The fraction of sp³-hybridized carbons (Fsp3) is 0.357. The van der Waals surface area contributed by atoms with Crippen molar-refractivity contribution in [2.24, 2.45) is 5.73 Å². The molecule has 1 fully saturated rings. The summed E-state index contributed by atoms with van der Waals surface area (Å²) >= 11 is 0. The molecule has 1 aliphatic carbocycles. The van der Waals surface area contributed by atoms with Crippen LogP contribution in [-0.4, -0.2) is 16.6 Å². The van der Waals surface area contributed by atoms with Gasteiger partial charge in [-0.25, -0.2) is 4.98 Å². The molecule has 1 aromatic heterocycles. The minimum atomic E-state index is -0.205. The molecule has 94 valence electrons. The maximum absolute atomic E-state index is 6.11. The first-order valence-corrected chi connectivity index (χ1v) is 6.29. The first-order valence-electron chi connectivity index (χ1n) is 6.29. The molecule has 1 heterocycles. The van der Waals surface area contributed by atoms with Gasteiger partial charge in [0.1, 0.15) is 11.6 Å². The molecule has 3 N–H and O–H groups in total. The molecule has 0 unspecified atom stereocenters. The van der Waals surface area contributed by atoms with Crippen LogP contribution >= 0.6 is 0 Å². The van der Waals surface area contributed by atoms with Crippen LogP contribution in [0.25, 0.3) is 11.3 Å². The van der Waals surface area contributed by atoms with Crippen molar-refractivity contribution in [3.05, 3.63) is 36.3 Å². The number of hydrogen-bond acceptors (Lipinski definition) is 3. The molecule has 0 radical (unpaired) electrons. The van der Waals surface area contributed by atoms with Gasteiger partial charge in [0, 0.05) is 0 Å². The topological polar surface area (TPSA) is 63.9 Å². The first-order chi connectivity index (χ1) is 8.71. The summed E-state index contributed by atoms with van der Waals surface area (Å²) in [6.07, 6.45) is 3.88. The highest BCUT2D eigenvalue weighted by atomic mass is 16.5. The number of nitrogens with one attached hydrogen (secondary N) is 1. The summed E-state index contributed by atoms with van der Waals surface area (Å²) in [5, 5.41) is 0. The molecule has 18 heavy (non-hydrogen) atoms. The fourth-order valence-corrected chi connectivity index (χ4v) is 1.99. The molecular formula is C14H17N3O. The van der Waals surface area contributed by atoms with E-state index in [-0.39, 0.29) is 5.54 Å². The second-order valence-electron chi connectivity index (χ2n) is 4.76. The molecule has 4 nitrogen and oxygen atoms in total. The maximum Gasteiger partial charge on any atom is 0.126 e. The molecule has 0 saturated heterocycles. The van der Waals surface area contributed by atoms with Gasteiger partial charge < -0.3 is 15.5 Å². The summed E-state index contributed by atoms with van der Waals surface area (Å²) in [5.74, 6) is 1.78. The number of imidazole rings is 1. The van der Waals surface area contributed by atoms with Gasteiger partial charge in [-0.15, -0.1) is 0 Å². The first kappa shape index (κ1) is 11.3. The molecular weight excluding hydrogens is 226 g/mol. The molecule has 1 saturated carbocycles. The summed E-state index contributed by atoms with van der Waals surface area (Å²) in [4.78, 5) is 7.68. The Morgan fingerprint density at radius 1 is 1.33 bits per heavy atom. The molecule has 2 aromatic rings. The minimum absolute atomic E-state index is 0.205. The number of ether oxygens (including phenoxy) is 1. The third kappa shape index (κ3) is 1.99. The lowest BCUT2D eigenvalue weighted by molar-refractivity contribution is 0.340. The van der Waals surface area contributed by atoms with Crippen molar-refractivity contribution in [2.45, 2.75) is 25.3 Å². The molecule has 1 aromatic carbocycles. The van der Waals surface area contributed by atoms with Crippen LogP contribution in [0.3, 0.4) is 0 Å². The van der Waals surface area contributed by atoms with E-state index in [2.05, 4.69) is 9.97 Å². The SMILES string of the molecule is CCOc1ccc(-c2cnc(C3(N)CC3)[nH]2)cc1. The van der Waals surface area contributed by atoms with Crippen molar-refractivity contribution < 1.29 is 4.74 Å². The van der Waals surface area contributed by atoms with Gasteiger partial charge in [0.25, 0.3) is 0 Å². The van der Waals surface area contributed by atoms with Crippen LogP contribution in [0.5, 0.6) is 5.75 Å². The van der Waals surface area contributed by atoms with Crippen molar-refractivity contribution >= 4 is 0 Å². The molecule has 1 aliphatic rings. The lowest BCUT2D eigenvalue weighted by atomic mass is 10.1. The predicted octanol–water partition coefficient (Wildman–Crippen LogP) is 2.42. The number of nitrogens with two attached hydrogens (primary N) is 1. The van der Waals surface area contributed by atoms with E-state index in [1.807, 2.05) is 37.4 Å². The quantitative estimate of drug-likeness (QED) is 0.866. The summed E-state index contributed by atoms with van der Waals surface area (Å²) < 4.78 is 5.42. The number of nitrogens with zero attached hydrogens (tertiary/aromatic N) is 1. The fourth-order valence-electron chi connectivity index (χ4n) is 1.99. The summed E-state index contributed by atoms with van der Waals surface area (Å²) in [5.41, 5.74) is 8.01. The molecule has 0 bridgehead atoms. The van der Waals surface area contributed by atoms with Crippen LogP contribution in [-0.2, 0) is 5.54 Å². The van der Waals surface area contributed by atoms with E-state index < -0.39 is 0 Å².